The number of nitrogens with zero attached hydrogens (tertiary/aromatic N) is 3. The van der Waals surface area contributed by atoms with E-state index in [2.05, 4.69) is 70.6 Å². The molecule has 3 N–H and O–H groups in total. The molecule has 0 aliphatic heterocycles. The maximum Gasteiger partial charge on any atom is 0.222 e. The molecule has 0 saturated heterocycles. The van der Waals surface area contributed by atoms with E-state index in [9.17, 15) is 0 Å². The Hall–Kier alpha value is -2.92. The Morgan fingerprint density at radius 1 is 1.07 bits per heavy atom. The fourth-order valence-electron chi connectivity index (χ4n) is 3.89. The van der Waals surface area contributed by atoms with E-state index in [-0.39, 0.29) is 0 Å². The number of benzene rings is 2. The van der Waals surface area contributed by atoms with Gasteiger partial charge in [-0.05, 0) is 56.5 Å². The lowest BCUT2D eigenvalue weighted by Gasteiger charge is -2.32. The van der Waals surface area contributed by atoms with E-state index in [1.165, 1.54) is 23.1 Å². The first-order valence-electron chi connectivity index (χ1n) is 9.81. The lowest BCUT2D eigenvalue weighted by molar-refractivity contribution is 0.211. The largest absolute Gasteiger partial charge is 0.368 e. The fourth-order valence-corrected chi connectivity index (χ4v) is 3.89. The number of aromatic nitrogens is 2. The van der Waals surface area contributed by atoms with Gasteiger partial charge in [-0.1, -0.05) is 42.0 Å². The van der Waals surface area contributed by atoms with Gasteiger partial charge in [-0.15, -0.1) is 0 Å². The van der Waals surface area contributed by atoms with Crippen LogP contribution in [0.15, 0.2) is 54.6 Å². The molecule has 4 rings (SSSR count). The number of hydrogen-bond donors (Lipinski definition) is 2. The maximum atomic E-state index is 5.97. The number of fused-ring (bicyclic) bond motifs is 1. The summed E-state index contributed by atoms with van der Waals surface area (Å²) in [5, 5.41) is 3.33. The third-order valence-corrected chi connectivity index (χ3v) is 5.48. The highest BCUT2D eigenvalue weighted by Crippen LogP contribution is 2.25. The highest BCUT2D eigenvalue weighted by molar-refractivity contribution is 5.57. The first-order valence-corrected chi connectivity index (χ1v) is 9.81. The van der Waals surface area contributed by atoms with Crippen LogP contribution < -0.4 is 11.1 Å². The molecule has 1 unspecified atom stereocenters. The van der Waals surface area contributed by atoms with E-state index < -0.39 is 0 Å². The van der Waals surface area contributed by atoms with Crippen molar-refractivity contribution < 1.29 is 0 Å². The van der Waals surface area contributed by atoms with Crippen molar-refractivity contribution in [1.29, 1.82) is 0 Å². The summed E-state index contributed by atoms with van der Waals surface area (Å²) in [6.07, 6.45) is 3.39. The van der Waals surface area contributed by atoms with Crippen LogP contribution in [0, 0.1) is 6.92 Å². The Morgan fingerprint density at radius 2 is 1.82 bits per heavy atom. The Bertz CT molecular complexity index is 951. The van der Waals surface area contributed by atoms with Crippen LogP contribution in [0.4, 0.5) is 17.5 Å². The monoisotopic (exact) mass is 373 g/mol. The molecule has 5 heteroatoms. The molecule has 28 heavy (non-hydrogen) atoms. The number of aryl methyl sites for hydroxylation is 2. The minimum Gasteiger partial charge on any atom is -0.368 e. The van der Waals surface area contributed by atoms with Gasteiger partial charge in [-0.25, -0.2) is 4.98 Å². The first kappa shape index (κ1) is 18.4. The van der Waals surface area contributed by atoms with Crippen molar-refractivity contribution in [3.8, 4) is 0 Å². The summed E-state index contributed by atoms with van der Waals surface area (Å²) in [5.41, 5.74) is 12.1. The second-order valence-electron chi connectivity index (χ2n) is 7.67. The summed E-state index contributed by atoms with van der Waals surface area (Å²) < 4.78 is 0. The second kappa shape index (κ2) is 7.98. The second-order valence-corrected chi connectivity index (χ2v) is 7.67. The third kappa shape index (κ3) is 4.31. The predicted molar refractivity (Wildman–Crippen MR) is 115 cm³/mol. The van der Waals surface area contributed by atoms with Crippen molar-refractivity contribution in [2.75, 3.05) is 18.1 Å². The SMILES string of the molecule is Cc1ccc(Nc2cc(CN(C)C3CCc4ccccc4C3)nc(N)n2)cc1. The number of hydrogen-bond acceptors (Lipinski definition) is 5. The quantitative estimate of drug-likeness (QED) is 0.705. The highest BCUT2D eigenvalue weighted by Gasteiger charge is 2.22. The zero-order valence-electron chi connectivity index (χ0n) is 16.5. The van der Waals surface area contributed by atoms with Crippen LogP contribution in [0.5, 0.6) is 0 Å². The normalized spacial score (nSPS) is 16.0. The molecule has 0 radical (unpaired) electrons. The summed E-state index contributed by atoms with van der Waals surface area (Å²) in [6.45, 7) is 2.83. The molecule has 0 fully saturated rings. The highest BCUT2D eigenvalue weighted by atomic mass is 15.2. The molecule has 1 atom stereocenters. The van der Waals surface area contributed by atoms with E-state index in [1.54, 1.807) is 0 Å². The number of nitrogens with one attached hydrogen (secondary N) is 1. The van der Waals surface area contributed by atoms with Crippen molar-refractivity contribution in [1.82, 2.24) is 14.9 Å². The minimum absolute atomic E-state index is 0.300. The molecule has 2 aromatic carbocycles. The van der Waals surface area contributed by atoms with Crippen LogP contribution in [-0.2, 0) is 19.4 Å². The Balaban J connectivity index is 1.45. The molecule has 144 valence electrons. The van der Waals surface area contributed by atoms with Crippen molar-refractivity contribution in [3.05, 3.63) is 77.0 Å². The predicted octanol–water partition coefficient (Wildman–Crippen LogP) is 4.10. The summed E-state index contributed by atoms with van der Waals surface area (Å²) in [6, 6.07) is 19.5. The number of anilines is 3. The fraction of sp³-hybridized carbons (Fsp3) is 0.304. The zero-order chi connectivity index (χ0) is 19.5. The van der Waals surface area contributed by atoms with Gasteiger partial charge >= 0.3 is 0 Å². The Morgan fingerprint density at radius 3 is 2.61 bits per heavy atom. The molecule has 0 amide bonds. The molecule has 0 bridgehead atoms. The van der Waals surface area contributed by atoms with Gasteiger partial charge in [0.2, 0.25) is 5.95 Å². The van der Waals surface area contributed by atoms with Crippen LogP contribution in [-0.4, -0.2) is 28.0 Å². The number of nitrogen functional groups attached to an aromatic ring is 1. The topological polar surface area (TPSA) is 67.1 Å². The zero-order valence-corrected chi connectivity index (χ0v) is 16.5. The number of rotatable bonds is 5. The van der Waals surface area contributed by atoms with E-state index >= 15 is 0 Å². The summed E-state index contributed by atoms with van der Waals surface area (Å²) >= 11 is 0. The lowest BCUT2D eigenvalue weighted by Crippen LogP contribution is -2.36. The number of likely N-dealkylation sites (N-methyl/N-ethyl adjacent to an activating group) is 1. The molecule has 3 aromatic rings. The molecule has 1 aromatic heterocycles. The van der Waals surface area contributed by atoms with Crippen molar-refractivity contribution in [3.63, 3.8) is 0 Å². The van der Waals surface area contributed by atoms with Gasteiger partial charge < -0.3 is 11.1 Å². The molecule has 0 spiro atoms. The molecule has 0 saturated carbocycles. The van der Waals surface area contributed by atoms with Crippen molar-refractivity contribution in [2.24, 2.45) is 0 Å². The smallest absolute Gasteiger partial charge is 0.222 e. The van der Waals surface area contributed by atoms with Gasteiger partial charge in [-0.2, -0.15) is 4.98 Å². The Kier molecular flexibility index (Phi) is 5.26. The average molecular weight is 374 g/mol. The van der Waals surface area contributed by atoms with Gasteiger partial charge in [-0.3, -0.25) is 4.90 Å². The maximum absolute atomic E-state index is 5.97. The van der Waals surface area contributed by atoms with E-state index in [4.69, 9.17) is 5.73 Å². The third-order valence-electron chi connectivity index (χ3n) is 5.48. The van der Waals surface area contributed by atoms with Gasteiger partial charge in [0.05, 0.1) is 5.69 Å². The molecular weight excluding hydrogens is 346 g/mol. The molecule has 1 aliphatic carbocycles. The first-order chi connectivity index (χ1) is 13.6. The molecule has 5 nitrogen and oxygen atoms in total. The van der Waals surface area contributed by atoms with Gasteiger partial charge in [0.1, 0.15) is 5.82 Å². The van der Waals surface area contributed by atoms with E-state index in [0.29, 0.717) is 12.0 Å². The van der Waals surface area contributed by atoms with Gasteiger partial charge in [0.25, 0.3) is 0 Å². The summed E-state index contributed by atoms with van der Waals surface area (Å²) in [4.78, 5) is 11.2. The summed E-state index contributed by atoms with van der Waals surface area (Å²) in [7, 11) is 2.17. The average Bonchev–Trinajstić information content (AvgIpc) is 2.69. The van der Waals surface area contributed by atoms with Crippen molar-refractivity contribution >= 4 is 17.5 Å². The summed E-state index contributed by atoms with van der Waals surface area (Å²) in [5.74, 6) is 1.03. The standard InChI is InChI=1S/C23H27N5/c1-16-7-10-19(11-8-16)25-22-14-20(26-23(24)27-22)15-28(2)21-12-9-17-5-3-4-6-18(17)13-21/h3-8,10-11,14,21H,9,12-13,15H2,1-2H3,(H3,24,25,26,27). The van der Waals surface area contributed by atoms with E-state index in [0.717, 1.165) is 36.6 Å². The van der Waals surface area contributed by atoms with Gasteiger partial charge in [0, 0.05) is 24.3 Å². The van der Waals surface area contributed by atoms with Crippen LogP contribution >= 0.6 is 0 Å². The Labute approximate surface area is 166 Å². The molecular formula is C23H27N5. The van der Waals surface area contributed by atoms with Crippen LogP contribution in [0.1, 0.15) is 28.8 Å². The molecule has 1 heterocycles. The van der Waals surface area contributed by atoms with Crippen LogP contribution in [0.3, 0.4) is 0 Å². The van der Waals surface area contributed by atoms with Gasteiger partial charge in [0.15, 0.2) is 0 Å². The van der Waals surface area contributed by atoms with Crippen molar-refractivity contribution in [2.45, 2.75) is 38.8 Å². The number of nitrogens with two attached hydrogens (primary N) is 1. The molecule has 1 aliphatic rings. The van der Waals surface area contributed by atoms with Crippen LogP contribution in [0.2, 0.25) is 0 Å². The van der Waals surface area contributed by atoms with E-state index in [1.807, 2.05) is 18.2 Å². The van der Waals surface area contributed by atoms with Crippen LogP contribution in [0.25, 0.3) is 0 Å². The minimum atomic E-state index is 0.300. The lowest BCUT2D eigenvalue weighted by atomic mass is 9.87.